The lowest BCUT2D eigenvalue weighted by Gasteiger charge is -1.89. The minimum Gasteiger partial charge on any atom is -0.381 e. The van der Waals surface area contributed by atoms with E-state index in [1.54, 1.807) is 10.6 Å². The molecule has 0 aromatic carbocycles. The van der Waals surface area contributed by atoms with E-state index in [0.29, 0.717) is 11.6 Å². The molecule has 56 valence electrons. The summed E-state index contributed by atoms with van der Waals surface area (Å²) in [7, 11) is 0. The summed E-state index contributed by atoms with van der Waals surface area (Å²) in [5.74, 6) is 1.07. The molecular weight excluding hydrogens is 208 g/mol. The van der Waals surface area contributed by atoms with Gasteiger partial charge in [-0.15, -0.1) is 0 Å². The van der Waals surface area contributed by atoms with Crippen LogP contribution in [0.25, 0.3) is 5.78 Å². The predicted molar refractivity (Wildman–Crippen MR) is 45.1 cm³/mol. The highest BCUT2D eigenvalue weighted by atomic mass is 79.9. The first-order valence-electron chi connectivity index (χ1n) is 3.03. The Bertz CT molecular complexity index is 394. The third-order valence-corrected chi connectivity index (χ3v) is 2.16. The van der Waals surface area contributed by atoms with Crippen LogP contribution in [-0.4, -0.2) is 14.4 Å². The largest absolute Gasteiger partial charge is 0.381 e. The molecule has 4 nitrogen and oxygen atoms in total. The first-order valence-corrected chi connectivity index (χ1v) is 3.82. The summed E-state index contributed by atoms with van der Waals surface area (Å²) in [4.78, 5) is 8.00. The minimum absolute atomic E-state index is 0.462. The summed E-state index contributed by atoms with van der Waals surface area (Å²) in [6, 6.07) is 1.82. The number of hydrogen-bond acceptors (Lipinski definition) is 3. The van der Waals surface area contributed by atoms with Crippen LogP contribution in [0.5, 0.6) is 0 Å². The summed E-state index contributed by atoms with van der Waals surface area (Å²) < 4.78 is 2.52. The van der Waals surface area contributed by atoms with Crippen molar-refractivity contribution in [3.63, 3.8) is 0 Å². The van der Waals surface area contributed by atoms with Crippen LogP contribution < -0.4 is 5.73 Å². The van der Waals surface area contributed by atoms with Crippen molar-refractivity contribution >= 4 is 27.5 Å². The fraction of sp³-hybridized carbons (Fsp3) is 0. The standard InChI is InChI=1S/C6H5BrN4/c7-4-5(8)10-6-9-2-1-3-11(4)6/h1-3H,8H2. The molecule has 0 unspecified atom stereocenters. The van der Waals surface area contributed by atoms with Crippen molar-refractivity contribution in [2.75, 3.05) is 5.73 Å². The second-order valence-corrected chi connectivity index (χ2v) is 2.83. The monoisotopic (exact) mass is 212 g/mol. The van der Waals surface area contributed by atoms with Crippen LogP contribution in [0.1, 0.15) is 0 Å². The molecule has 0 saturated heterocycles. The van der Waals surface area contributed by atoms with E-state index in [1.807, 2.05) is 12.3 Å². The van der Waals surface area contributed by atoms with E-state index < -0.39 is 0 Å². The van der Waals surface area contributed by atoms with Crippen molar-refractivity contribution in [2.45, 2.75) is 0 Å². The van der Waals surface area contributed by atoms with E-state index in [9.17, 15) is 0 Å². The number of hydrogen-bond donors (Lipinski definition) is 1. The Balaban J connectivity index is 2.92. The van der Waals surface area contributed by atoms with Gasteiger partial charge in [0.2, 0.25) is 5.78 Å². The fourth-order valence-corrected chi connectivity index (χ4v) is 1.24. The molecule has 11 heavy (non-hydrogen) atoms. The number of anilines is 1. The molecule has 2 rings (SSSR count). The minimum atomic E-state index is 0.462. The van der Waals surface area contributed by atoms with Crippen LogP contribution in [0.3, 0.4) is 0 Å². The Morgan fingerprint density at radius 1 is 1.55 bits per heavy atom. The Labute approximate surface area is 71.2 Å². The van der Waals surface area contributed by atoms with Crippen LogP contribution >= 0.6 is 15.9 Å². The first-order chi connectivity index (χ1) is 5.29. The Morgan fingerprint density at radius 2 is 2.36 bits per heavy atom. The summed E-state index contributed by atoms with van der Waals surface area (Å²) in [5, 5.41) is 0. The number of halogens is 1. The van der Waals surface area contributed by atoms with E-state index in [0.717, 1.165) is 4.60 Å². The quantitative estimate of drug-likeness (QED) is 0.712. The van der Waals surface area contributed by atoms with E-state index >= 15 is 0 Å². The molecule has 0 aliphatic heterocycles. The number of nitrogens with two attached hydrogens (primary N) is 1. The van der Waals surface area contributed by atoms with Gasteiger partial charge in [0.25, 0.3) is 0 Å². The second-order valence-electron chi connectivity index (χ2n) is 2.08. The van der Waals surface area contributed by atoms with Gasteiger partial charge in [0.1, 0.15) is 4.60 Å². The zero-order valence-electron chi connectivity index (χ0n) is 5.53. The number of nitrogens with zero attached hydrogens (tertiary/aromatic N) is 3. The van der Waals surface area contributed by atoms with Gasteiger partial charge in [0.15, 0.2) is 5.82 Å². The maximum atomic E-state index is 5.53. The molecule has 0 bridgehead atoms. The Kier molecular flexibility index (Phi) is 1.32. The number of aromatic nitrogens is 3. The van der Waals surface area contributed by atoms with Crippen LogP contribution in [0, 0.1) is 0 Å². The molecule has 5 heteroatoms. The van der Waals surface area contributed by atoms with Gasteiger partial charge in [0.05, 0.1) is 0 Å². The number of rotatable bonds is 0. The number of nitrogen functional groups attached to an aromatic ring is 1. The number of fused-ring (bicyclic) bond motifs is 1. The van der Waals surface area contributed by atoms with Gasteiger partial charge in [-0.25, -0.2) is 4.98 Å². The van der Waals surface area contributed by atoms with Gasteiger partial charge in [-0.1, -0.05) is 0 Å². The molecule has 2 N–H and O–H groups in total. The van der Waals surface area contributed by atoms with Crippen molar-refractivity contribution < 1.29 is 0 Å². The second kappa shape index (κ2) is 2.20. The fourth-order valence-electron chi connectivity index (χ4n) is 0.876. The molecule has 0 atom stereocenters. The van der Waals surface area contributed by atoms with E-state index in [1.165, 1.54) is 0 Å². The van der Waals surface area contributed by atoms with Gasteiger partial charge < -0.3 is 5.73 Å². The molecule has 0 fully saturated rings. The molecule has 0 radical (unpaired) electrons. The lowest BCUT2D eigenvalue weighted by atomic mass is 10.7. The van der Waals surface area contributed by atoms with Crippen LogP contribution in [0.15, 0.2) is 23.1 Å². The molecule has 2 heterocycles. The summed E-state index contributed by atoms with van der Waals surface area (Å²) in [5.41, 5.74) is 5.53. The predicted octanol–water partition coefficient (Wildman–Crippen LogP) is 1.07. The number of imidazole rings is 1. The van der Waals surface area contributed by atoms with E-state index in [-0.39, 0.29) is 0 Å². The van der Waals surface area contributed by atoms with Crippen molar-refractivity contribution in [3.8, 4) is 0 Å². The Morgan fingerprint density at radius 3 is 3.09 bits per heavy atom. The van der Waals surface area contributed by atoms with Gasteiger partial charge in [-0.3, -0.25) is 4.40 Å². The molecule has 0 spiro atoms. The lowest BCUT2D eigenvalue weighted by Crippen LogP contribution is -1.85. The van der Waals surface area contributed by atoms with Crippen molar-refractivity contribution in [1.29, 1.82) is 0 Å². The normalized spacial score (nSPS) is 10.6. The van der Waals surface area contributed by atoms with Gasteiger partial charge in [-0.05, 0) is 22.0 Å². The molecule has 0 saturated carbocycles. The highest BCUT2D eigenvalue weighted by Crippen LogP contribution is 2.18. The highest BCUT2D eigenvalue weighted by Gasteiger charge is 2.04. The molecule has 2 aromatic heterocycles. The van der Waals surface area contributed by atoms with E-state index in [2.05, 4.69) is 25.9 Å². The molecule has 0 aliphatic rings. The van der Waals surface area contributed by atoms with Crippen molar-refractivity contribution in [3.05, 3.63) is 23.1 Å². The molecule has 0 amide bonds. The maximum Gasteiger partial charge on any atom is 0.236 e. The Hall–Kier alpha value is -1.10. The van der Waals surface area contributed by atoms with Gasteiger partial charge >= 0.3 is 0 Å². The summed E-state index contributed by atoms with van der Waals surface area (Å²) in [6.45, 7) is 0. The SMILES string of the molecule is Nc1nc2ncccn2c1Br. The third kappa shape index (κ3) is 0.883. The van der Waals surface area contributed by atoms with Crippen LogP contribution in [-0.2, 0) is 0 Å². The van der Waals surface area contributed by atoms with Gasteiger partial charge in [0, 0.05) is 12.4 Å². The molecule has 2 aromatic rings. The lowest BCUT2D eigenvalue weighted by molar-refractivity contribution is 1.09. The highest BCUT2D eigenvalue weighted by molar-refractivity contribution is 9.10. The molecule has 0 aliphatic carbocycles. The van der Waals surface area contributed by atoms with Crippen LogP contribution in [0.2, 0.25) is 0 Å². The van der Waals surface area contributed by atoms with Gasteiger partial charge in [-0.2, -0.15) is 4.98 Å². The van der Waals surface area contributed by atoms with Crippen LogP contribution in [0.4, 0.5) is 5.82 Å². The average molecular weight is 213 g/mol. The average Bonchev–Trinajstić information content (AvgIpc) is 2.30. The smallest absolute Gasteiger partial charge is 0.236 e. The zero-order valence-corrected chi connectivity index (χ0v) is 7.12. The first kappa shape index (κ1) is 6.60. The maximum absolute atomic E-state index is 5.53. The van der Waals surface area contributed by atoms with Crippen molar-refractivity contribution in [2.24, 2.45) is 0 Å². The third-order valence-electron chi connectivity index (χ3n) is 1.37. The van der Waals surface area contributed by atoms with Crippen molar-refractivity contribution in [1.82, 2.24) is 14.4 Å². The topological polar surface area (TPSA) is 56.2 Å². The zero-order chi connectivity index (χ0) is 7.84. The van der Waals surface area contributed by atoms with E-state index in [4.69, 9.17) is 5.73 Å². The summed E-state index contributed by atoms with van der Waals surface area (Å²) in [6.07, 6.45) is 3.52. The summed E-state index contributed by atoms with van der Waals surface area (Å²) >= 11 is 3.29. The molecular formula is C6H5BrN4.